The van der Waals surface area contributed by atoms with Crippen LogP contribution in [-0.2, 0) is 4.79 Å². The summed E-state index contributed by atoms with van der Waals surface area (Å²) in [6, 6.07) is 20.2. The van der Waals surface area contributed by atoms with Crippen LogP contribution in [0.15, 0.2) is 66.7 Å². The number of fused-ring (bicyclic) bond motifs is 1. The van der Waals surface area contributed by atoms with Gasteiger partial charge in [-0.05, 0) is 60.5 Å². The number of halogens is 1. The average Bonchev–Trinajstić information content (AvgIpc) is 2.80. The molecule has 0 spiro atoms. The molecule has 0 saturated heterocycles. The number of rotatable bonds is 6. The standard InChI is InChI=1S/C25H25ClN4O3/c1-16-14-18(26)10-13-22(16)33-15-23(31)28-30-24(17-8-11-19(12-9-17)29(2)3)27-21-7-5-4-6-20(21)25(30)32/h4-14,24,27H,15H2,1-3H3,(H,28,31). The Morgan fingerprint density at radius 3 is 2.55 bits per heavy atom. The van der Waals surface area contributed by atoms with Gasteiger partial charge in [0.05, 0.1) is 5.56 Å². The fourth-order valence-corrected chi connectivity index (χ4v) is 3.87. The Morgan fingerprint density at radius 1 is 1.12 bits per heavy atom. The zero-order valence-corrected chi connectivity index (χ0v) is 19.4. The first kappa shape index (κ1) is 22.5. The van der Waals surface area contributed by atoms with Crippen molar-refractivity contribution in [3.8, 4) is 5.75 Å². The minimum absolute atomic E-state index is 0.250. The maximum absolute atomic E-state index is 13.3. The van der Waals surface area contributed by atoms with Gasteiger partial charge in [-0.25, -0.2) is 5.01 Å². The SMILES string of the molecule is Cc1cc(Cl)ccc1OCC(=O)NN1C(=O)c2ccccc2NC1c1ccc(N(C)C)cc1. The topological polar surface area (TPSA) is 73.9 Å². The first-order chi connectivity index (χ1) is 15.8. The van der Waals surface area contributed by atoms with E-state index in [1.807, 2.05) is 62.3 Å². The number of hydrogen-bond donors (Lipinski definition) is 2. The number of anilines is 2. The van der Waals surface area contributed by atoms with Crippen LogP contribution < -0.4 is 20.4 Å². The second-order valence-corrected chi connectivity index (χ2v) is 8.42. The van der Waals surface area contributed by atoms with Gasteiger partial charge in [-0.15, -0.1) is 0 Å². The zero-order chi connectivity index (χ0) is 23.5. The fourth-order valence-electron chi connectivity index (χ4n) is 3.64. The van der Waals surface area contributed by atoms with Gasteiger partial charge >= 0.3 is 0 Å². The van der Waals surface area contributed by atoms with E-state index in [1.165, 1.54) is 5.01 Å². The maximum atomic E-state index is 13.3. The minimum Gasteiger partial charge on any atom is -0.483 e. The van der Waals surface area contributed by atoms with Crippen molar-refractivity contribution in [2.75, 3.05) is 30.9 Å². The van der Waals surface area contributed by atoms with Crippen molar-refractivity contribution >= 4 is 34.8 Å². The third kappa shape index (κ3) is 4.88. The van der Waals surface area contributed by atoms with E-state index in [2.05, 4.69) is 10.7 Å². The Bertz CT molecular complexity index is 1180. The molecule has 1 unspecified atom stereocenters. The van der Waals surface area contributed by atoms with Crippen LogP contribution in [0.2, 0.25) is 5.02 Å². The summed E-state index contributed by atoms with van der Waals surface area (Å²) in [5.41, 5.74) is 6.59. The van der Waals surface area contributed by atoms with Gasteiger partial charge in [-0.1, -0.05) is 35.9 Å². The number of carbonyl (C=O) groups is 2. The second-order valence-electron chi connectivity index (χ2n) is 7.99. The molecule has 0 fully saturated rings. The number of nitrogens with one attached hydrogen (secondary N) is 2. The van der Waals surface area contributed by atoms with Crippen molar-refractivity contribution in [2.24, 2.45) is 0 Å². The minimum atomic E-state index is -0.579. The predicted molar refractivity (Wildman–Crippen MR) is 130 cm³/mol. The van der Waals surface area contributed by atoms with E-state index in [1.54, 1.807) is 30.3 Å². The first-order valence-electron chi connectivity index (χ1n) is 10.5. The molecule has 0 radical (unpaired) electrons. The van der Waals surface area contributed by atoms with E-state index < -0.39 is 12.1 Å². The molecule has 2 N–H and O–H groups in total. The summed E-state index contributed by atoms with van der Waals surface area (Å²) >= 11 is 5.98. The van der Waals surface area contributed by atoms with Crippen LogP contribution in [0.3, 0.4) is 0 Å². The molecule has 4 rings (SSSR count). The molecular weight excluding hydrogens is 440 g/mol. The number of hydrazine groups is 1. The molecule has 3 aromatic rings. The molecule has 2 amide bonds. The monoisotopic (exact) mass is 464 g/mol. The highest BCUT2D eigenvalue weighted by atomic mass is 35.5. The van der Waals surface area contributed by atoms with Crippen LogP contribution in [0, 0.1) is 6.92 Å². The summed E-state index contributed by atoms with van der Waals surface area (Å²) in [5, 5.41) is 5.26. The van der Waals surface area contributed by atoms with Crippen LogP contribution in [0.4, 0.5) is 11.4 Å². The molecule has 33 heavy (non-hydrogen) atoms. The number of nitrogens with zero attached hydrogens (tertiary/aromatic N) is 2. The molecule has 0 bridgehead atoms. The third-order valence-corrected chi connectivity index (χ3v) is 5.63. The van der Waals surface area contributed by atoms with Crippen molar-refractivity contribution in [3.63, 3.8) is 0 Å². The van der Waals surface area contributed by atoms with Crippen molar-refractivity contribution in [1.29, 1.82) is 0 Å². The lowest BCUT2D eigenvalue weighted by molar-refractivity contribution is -0.127. The van der Waals surface area contributed by atoms with Gasteiger partial charge in [-0.2, -0.15) is 0 Å². The number of ether oxygens (including phenoxy) is 1. The van der Waals surface area contributed by atoms with E-state index in [4.69, 9.17) is 16.3 Å². The zero-order valence-electron chi connectivity index (χ0n) is 18.6. The number of aryl methyl sites for hydroxylation is 1. The Hall–Kier alpha value is -3.71. The Morgan fingerprint density at radius 2 is 1.85 bits per heavy atom. The quantitative estimate of drug-likeness (QED) is 0.566. The second kappa shape index (κ2) is 9.42. The highest BCUT2D eigenvalue weighted by Crippen LogP contribution is 2.32. The molecule has 1 atom stereocenters. The van der Waals surface area contributed by atoms with Gasteiger partial charge in [-0.3, -0.25) is 15.0 Å². The van der Waals surface area contributed by atoms with E-state index in [0.29, 0.717) is 22.0 Å². The molecular formula is C25H25ClN4O3. The lowest BCUT2D eigenvalue weighted by Crippen LogP contribution is -2.53. The molecule has 1 aliphatic heterocycles. The van der Waals surface area contributed by atoms with Crippen LogP contribution >= 0.6 is 11.6 Å². The Labute approximate surface area is 197 Å². The summed E-state index contributed by atoms with van der Waals surface area (Å²) < 4.78 is 5.65. The number of carbonyl (C=O) groups excluding carboxylic acids is 2. The molecule has 3 aromatic carbocycles. The molecule has 8 heteroatoms. The highest BCUT2D eigenvalue weighted by Gasteiger charge is 2.34. The fraction of sp³-hybridized carbons (Fsp3) is 0.200. The highest BCUT2D eigenvalue weighted by molar-refractivity contribution is 6.30. The van der Waals surface area contributed by atoms with E-state index in [9.17, 15) is 9.59 Å². The third-order valence-electron chi connectivity index (χ3n) is 5.39. The summed E-state index contributed by atoms with van der Waals surface area (Å²) in [5.74, 6) is -0.199. The predicted octanol–water partition coefficient (Wildman–Crippen LogP) is 4.39. The molecule has 0 aliphatic carbocycles. The van der Waals surface area contributed by atoms with Crippen LogP contribution in [0.25, 0.3) is 0 Å². The van der Waals surface area contributed by atoms with E-state index >= 15 is 0 Å². The van der Waals surface area contributed by atoms with Gasteiger partial charge in [0.15, 0.2) is 6.61 Å². The molecule has 170 valence electrons. The summed E-state index contributed by atoms with van der Waals surface area (Å²) in [6.07, 6.45) is -0.579. The lowest BCUT2D eigenvalue weighted by Gasteiger charge is -2.37. The van der Waals surface area contributed by atoms with Crippen molar-refractivity contribution in [3.05, 3.63) is 88.4 Å². The molecule has 7 nitrogen and oxygen atoms in total. The number of para-hydroxylation sites is 1. The van der Waals surface area contributed by atoms with Crippen molar-refractivity contribution in [2.45, 2.75) is 13.1 Å². The summed E-state index contributed by atoms with van der Waals surface area (Å²) in [4.78, 5) is 28.0. The molecule has 1 aliphatic rings. The van der Waals surface area contributed by atoms with Crippen molar-refractivity contribution in [1.82, 2.24) is 10.4 Å². The van der Waals surface area contributed by atoms with Gasteiger partial charge in [0.25, 0.3) is 11.8 Å². The van der Waals surface area contributed by atoms with Gasteiger partial charge in [0, 0.05) is 30.5 Å². The average molecular weight is 465 g/mol. The smallest absolute Gasteiger partial charge is 0.276 e. The lowest BCUT2D eigenvalue weighted by atomic mass is 10.0. The number of amides is 2. The maximum Gasteiger partial charge on any atom is 0.276 e. The van der Waals surface area contributed by atoms with Gasteiger partial charge in [0.1, 0.15) is 11.9 Å². The van der Waals surface area contributed by atoms with E-state index in [-0.39, 0.29) is 12.5 Å². The normalized spacial score (nSPS) is 14.8. The van der Waals surface area contributed by atoms with E-state index in [0.717, 1.165) is 16.8 Å². The van der Waals surface area contributed by atoms with Crippen LogP contribution in [0.5, 0.6) is 5.75 Å². The Balaban J connectivity index is 1.56. The Kier molecular flexibility index (Phi) is 6.42. The summed E-state index contributed by atoms with van der Waals surface area (Å²) in [6.45, 7) is 1.60. The number of benzene rings is 3. The van der Waals surface area contributed by atoms with Crippen molar-refractivity contribution < 1.29 is 14.3 Å². The van der Waals surface area contributed by atoms with Gasteiger partial charge < -0.3 is 15.0 Å². The molecule has 1 heterocycles. The molecule has 0 saturated carbocycles. The first-order valence-corrected chi connectivity index (χ1v) is 10.9. The number of hydrogen-bond acceptors (Lipinski definition) is 5. The van der Waals surface area contributed by atoms with Gasteiger partial charge in [0.2, 0.25) is 0 Å². The summed E-state index contributed by atoms with van der Waals surface area (Å²) in [7, 11) is 3.92. The van der Waals surface area contributed by atoms with Crippen LogP contribution in [0.1, 0.15) is 27.7 Å². The molecule has 0 aromatic heterocycles. The van der Waals surface area contributed by atoms with Crippen LogP contribution in [-0.4, -0.2) is 37.5 Å². The largest absolute Gasteiger partial charge is 0.483 e.